The Morgan fingerprint density at radius 2 is 1.79 bits per heavy atom. The summed E-state index contributed by atoms with van der Waals surface area (Å²) >= 11 is 0. The van der Waals surface area contributed by atoms with Crippen molar-refractivity contribution in [2.45, 2.75) is 18.9 Å². The number of hydrogen-bond acceptors (Lipinski definition) is 5. The maximum Gasteiger partial charge on any atom is 0.313 e. The number of rotatable bonds is 7. The average molecular weight is 400 g/mol. The minimum atomic E-state index is -0.718. The molecule has 1 fully saturated rings. The van der Waals surface area contributed by atoms with E-state index >= 15 is 0 Å². The van der Waals surface area contributed by atoms with Crippen molar-refractivity contribution < 1.29 is 19.1 Å². The molecule has 1 aromatic carbocycles. The highest BCUT2D eigenvalue weighted by atomic mass is 16.5. The molecule has 0 aliphatic carbocycles. The summed E-state index contributed by atoms with van der Waals surface area (Å²) in [5.74, 6) is -0.364. The summed E-state index contributed by atoms with van der Waals surface area (Å²) in [6.45, 7) is 2.35. The maximum atomic E-state index is 12.4. The topological polar surface area (TPSA) is 84.8 Å². The van der Waals surface area contributed by atoms with E-state index in [0.29, 0.717) is 23.7 Å². The van der Waals surface area contributed by atoms with Crippen molar-refractivity contribution in [3.63, 3.8) is 0 Å². The van der Waals surface area contributed by atoms with E-state index in [-0.39, 0.29) is 6.04 Å². The summed E-state index contributed by atoms with van der Waals surface area (Å²) in [6, 6.07) is 9.02. The molecule has 1 aromatic heterocycles. The average Bonchev–Trinajstić information content (AvgIpc) is 3.40. The van der Waals surface area contributed by atoms with E-state index in [1.807, 2.05) is 19.3 Å². The third-order valence-electron chi connectivity index (χ3n) is 5.21. The summed E-state index contributed by atoms with van der Waals surface area (Å²) in [7, 11) is 5.04. The highest BCUT2D eigenvalue weighted by Crippen LogP contribution is 2.29. The van der Waals surface area contributed by atoms with Crippen LogP contribution in [0, 0.1) is 0 Å². The number of aromatic nitrogens is 1. The second kappa shape index (κ2) is 9.47. The Morgan fingerprint density at radius 1 is 1.07 bits per heavy atom. The van der Waals surface area contributed by atoms with Gasteiger partial charge in [0.05, 0.1) is 20.3 Å². The molecule has 2 heterocycles. The molecule has 1 aliphatic rings. The van der Waals surface area contributed by atoms with E-state index in [0.717, 1.165) is 31.6 Å². The predicted molar refractivity (Wildman–Crippen MR) is 110 cm³/mol. The lowest BCUT2D eigenvalue weighted by atomic mass is 10.1. The quantitative estimate of drug-likeness (QED) is 0.694. The number of carbonyl (C=O) groups excluding carboxylic acids is 2. The fourth-order valence-electron chi connectivity index (χ4n) is 3.67. The van der Waals surface area contributed by atoms with Gasteiger partial charge in [-0.05, 0) is 50.2 Å². The second-order valence-electron chi connectivity index (χ2n) is 7.04. The normalized spacial score (nSPS) is 15.0. The van der Waals surface area contributed by atoms with Gasteiger partial charge in [0.25, 0.3) is 0 Å². The van der Waals surface area contributed by atoms with Crippen molar-refractivity contribution in [1.82, 2.24) is 14.8 Å². The highest BCUT2D eigenvalue weighted by Gasteiger charge is 2.26. The standard InChI is InChI=1S/C21H28N4O4/c1-24-10-6-7-16(24)17(25-11-4-5-12-25)14-22-20(26)21(27)23-15-8-9-18(28-2)19(13-15)29-3/h6-10,13,17H,4-5,11-12,14H2,1-3H3,(H,22,26)(H,23,27)/t17-/m0/s1. The van der Waals surface area contributed by atoms with Gasteiger partial charge in [-0.3, -0.25) is 14.5 Å². The van der Waals surface area contributed by atoms with Crippen molar-refractivity contribution in [1.29, 1.82) is 0 Å². The van der Waals surface area contributed by atoms with Gasteiger partial charge in [0, 0.05) is 37.2 Å². The Balaban J connectivity index is 1.62. The van der Waals surface area contributed by atoms with E-state index in [2.05, 4.69) is 26.2 Å². The van der Waals surface area contributed by atoms with Gasteiger partial charge in [0.1, 0.15) is 0 Å². The van der Waals surface area contributed by atoms with E-state index in [4.69, 9.17) is 9.47 Å². The third kappa shape index (κ3) is 4.89. The monoisotopic (exact) mass is 400 g/mol. The van der Waals surface area contributed by atoms with Crippen LogP contribution in [0.3, 0.4) is 0 Å². The molecule has 8 heteroatoms. The molecule has 2 N–H and O–H groups in total. The summed E-state index contributed by atoms with van der Waals surface area (Å²) in [5.41, 5.74) is 1.58. The molecule has 3 rings (SSSR count). The maximum absolute atomic E-state index is 12.4. The number of amides is 2. The van der Waals surface area contributed by atoms with Crippen LogP contribution < -0.4 is 20.1 Å². The van der Waals surface area contributed by atoms with Crippen LogP contribution in [0.1, 0.15) is 24.6 Å². The molecule has 0 bridgehead atoms. The van der Waals surface area contributed by atoms with Crippen LogP contribution in [0.5, 0.6) is 11.5 Å². The van der Waals surface area contributed by atoms with Gasteiger partial charge in [-0.25, -0.2) is 0 Å². The zero-order chi connectivity index (χ0) is 20.8. The van der Waals surface area contributed by atoms with Crippen LogP contribution in [0.15, 0.2) is 36.5 Å². The number of carbonyl (C=O) groups is 2. The first-order valence-corrected chi connectivity index (χ1v) is 9.70. The second-order valence-corrected chi connectivity index (χ2v) is 7.04. The van der Waals surface area contributed by atoms with Crippen molar-refractivity contribution in [2.24, 2.45) is 7.05 Å². The molecule has 2 aromatic rings. The minimum absolute atomic E-state index is 0.0373. The smallest absolute Gasteiger partial charge is 0.313 e. The minimum Gasteiger partial charge on any atom is -0.493 e. The van der Waals surface area contributed by atoms with Gasteiger partial charge in [0.2, 0.25) is 0 Å². The SMILES string of the molecule is COc1ccc(NC(=O)C(=O)NC[C@@H](c2cccn2C)N2CCCC2)cc1OC. The fourth-order valence-corrected chi connectivity index (χ4v) is 3.67. The molecular weight excluding hydrogens is 372 g/mol. The van der Waals surface area contributed by atoms with E-state index in [1.54, 1.807) is 18.2 Å². The number of nitrogens with zero attached hydrogens (tertiary/aromatic N) is 2. The first kappa shape index (κ1) is 20.7. The van der Waals surface area contributed by atoms with Crippen LogP contribution in [0.4, 0.5) is 5.69 Å². The van der Waals surface area contributed by atoms with Gasteiger partial charge >= 0.3 is 11.8 Å². The van der Waals surface area contributed by atoms with Gasteiger partial charge in [0.15, 0.2) is 11.5 Å². The Labute approximate surface area is 170 Å². The highest BCUT2D eigenvalue weighted by molar-refractivity contribution is 6.39. The summed E-state index contributed by atoms with van der Waals surface area (Å²) < 4.78 is 12.5. The van der Waals surface area contributed by atoms with E-state index in [9.17, 15) is 9.59 Å². The van der Waals surface area contributed by atoms with Crippen molar-refractivity contribution in [2.75, 3.05) is 39.2 Å². The van der Waals surface area contributed by atoms with E-state index in [1.165, 1.54) is 14.2 Å². The lowest BCUT2D eigenvalue weighted by Crippen LogP contribution is -2.41. The molecule has 1 atom stereocenters. The number of ether oxygens (including phenoxy) is 2. The van der Waals surface area contributed by atoms with Crippen molar-refractivity contribution in [3.05, 3.63) is 42.2 Å². The van der Waals surface area contributed by atoms with Crippen LogP contribution in [0.2, 0.25) is 0 Å². The first-order chi connectivity index (χ1) is 14.0. The predicted octanol–water partition coefficient (Wildman–Crippen LogP) is 1.93. The molecule has 156 valence electrons. The lowest BCUT2D eigenvalue weighted by Gasteiger charge is -2.28. The van der Waals surface area contributed by atoms with Crippen molar-refractivity contribution in [3.8, 4) is 11.5 Å². The number of likely N-dealkylation sites (tertiary alicyclic amines) is 1. The number of anilines is 1. The van der Waals surface area contributed by atoms with Crippen LogP contribution in [-0.4, -0.2) is 55.1 Å². The first-order valence-electron chi connectivity index (χ1n) is 9.70. The van der Waals surface area contributed by atoms with E-state index < -0.39 is 11.8 Å². The zero-order valence-corrected chi connectivity index (χ0v) is 17.1. The summed E-state index contributed by atoms with van der Waals surface area (Å²) in [4.78, 5) is 27.1. The molecule has 2 amide bonds. The van der Waals surface area contributed by atoms with Crippen molar-refractivity contribution >= 4 is 17.5 Å². The number of aryl methyl sites for hydroxylation is 1. The van der Waals surface area contributed by atoms with Gasteiger partial charge in [-0.1, -0.05) is 0 Å². The third-order valence-corrected chi connectivity index (χ3v) is 5.21. The zero-order valence-electron chi connectivity index (χ0n) is 17.1. The Kier molecular flexibility index (Phi) is 6.77. The van der Waals surface area contributed by atoms with Crippen LogP contribution >= 0.6 is 0 Å². The molecule has 0 unspecified atom stereocenters. The van der Waals surface area contributed by atoms with Gasteiger partial charge < -0.3 is 24.7 Å². The largest absolute Gasteiger partial charge is 0.493 e. The Hall–Kier alpha value is -3.00. The number of methoxy groups -OCH3 is 2. The molecular formula is C21H28N4O4. The molecule has 0 saturated carbocycles. The Morgan fingerprint density at radius 3 is 2.41 bits per heavy atom. The number of benzene rings is 1. The molecule has 1 saturated heterocycles. The fraction of sp³-hybridized carbons (Fsp3) is 0.429. The summed E-state index contributed by atoms with van der Waals surface area (Å²) in [6.07, 6.45) is 4.29. The number of nitrogens with one attached hydrogen (secondary N) is 2. The van der Waals surface area contributed by atoms with Gasteiger partial charge in [-0.2, -0.15) is 0 Å². The Bertz CT molecular complexity index is 858. The molecule has 0 spiro atoms. The molecule has 29 heavy (non-hydrogen) atoms. The summed E-state index contributed by atoms with van der Waals surface area (Å²) in [5, 5.41) is 5.39. The molecule has 0 radical (unpaired) electrons. The van der Waals surface area contributed by atoms with Crippen LogP contribution in [0.25, 0.3) is 0 Å². The molecule has 1 aliphatic heterocycles. The number of hydrogen-bond donors (Lipinski definition) is 2. The molecule has 8 nitrogen and oxygen atoms in total. The lowest BCUT2D eigenvalue weighted by molar-refractivity contribution is -0.136. The van der Waals surface area contributed by atoms with Gasteiger partial charge in [-0.15, -0.1) is 0 Å². The van der Waals surface area contributed by atoms with Crippen LogP contribution in [-0.2, 0) is 16.6 Å².